The molecule has 0 atom stereocenters. The molecule has 4 nitrogen and oxygen atoms in total. The van der Waals surface area contributed by atoms with Crippen LogP contribution in [0.3, 0.4) is 0 Å². The molecule has 0 saturated heterocycles. The second-order valence-electron chi connectivity index (χ2n) is 21.5. The van der Waals surface area contributed by atoms with Crippen molar-refractivity contribution in [1.29, 1.82) is 0 Å². The summed E-state index contributed by atoms with van der Waals surface area (Å²) in [7, 11) is 0. The number of hydrogen-bond acceptors (Lipinski definition) is 3. The molecule has 8 rings (SSSR count). The summed E-state index contributed by atoms with van der Waals surface area (Å²) in [6.07, 6.45) is 1.90. The summed E-state index contributed by atoms with van der Waals surface area (Å²) < 4.78 is 2.29. The van der Waals surface area contributed by atoms with Crippen molar-refractivity contribution in [3.8, 4) is 67.5 Å². The number of phenolic OH excluding ortho intramolecular Hbond substituents is 1. The molecule has 330 valence electrons. The van der Waals surface area contributed by atoms with E-state index in [-0.39, 0.29) is 48.5 Å². The Morgan fingerprint density at radius 2 is 1.11 bits per heavy atom. The topological polar surface area (TPSA) is 50.9 Å². The maximum Gasteiger partial charge on any atom is 0.148 e. The van der Waals surface area contributed by atoms with E-state index in [4.69, 9.17) is 9.97 Å². The van der Waals surface area contributed by atoms with E-state index in [1.54, 1.807) is 0 Å². The summed E-state index contributed by atoms with van der Waals surface area (Å²) >= 11 is 0. The van der Waals surface area contributed by atoms with E-state index in [0.29, 0.717) is 11.4 Å². The molecule has 0 aliphatic rings. The summed E-state index contributed by atoms with van der Waals surface area (Å²) in [4.78, 5) is 10.6. The van der Waals surface area contributed by atoms with Gasteiger partial charge in [-0.3, -0.25) is 9.55 Å². The standard InChI is InChI=1S/C59H62N3O.Pt/c1-37-22-24-39(25-23-37)41-28-29-60-50(34-41)43-30-42(31-44(32-43)56(2,3)4)46-20-17-21-52-53(46)61-55(47-35-45(57(5,6)7)36-49(54(47)63)59(11,12)13)62(52)51-27-26-40(33-48(51)58(8,9)10)38-18-15-14-16-19-38;/h14-29,31-36,63H,1-13H3;/q-1;. The summed E-state index contributed by atoms with van der Waals surface area (Å²) in [5.41, 5.74) is 16.6. The molecule has 64 heavy (non-hydrogen) atoms. The minimum atomic E-state index is -0.320. The maximum atomic E-state index is 12.5. The van der Waals surface area contributed by atoms with Crippen LogP contribution in [0.2, 0.25) is 0 Å². The molecule has 0 unspecified atom stereocenters. The predicted octanol–water partition coefficient (Wildman–Crippen LogP) is 15.8. The van der Waals surface area contributed by atoms with E-state index < -0.39 is 0 Å². The third kappa shape index (κ3) is 9.18. The van der Waals surface area contributed by atoms with E-state index >= 15 is 0 Å². The number of para-hydroxylation sites is 1. The van der Waals surface area contributed by atoms with Crippen molar-refractivity contribution in [2.75, 3.05) is 0 Å². The average Bonchev–Trinajstić information content (AvgIpc) is 3.62. The molecule has 1 N–H and O–H groups in total. The van der Waals surface area contributed by atoms with Crippen molar-refractivity contribution >= 4 is 11.0 Å². The van der Waals surface area contributed by atoms with Crippen LogP contribution in [0.15, 0.2) is 134 Å². The van der Waals surface area contributed by atoms with Crippen LogP contribution < -0.4 is 0 Å². The number of imidazole rings is 1. The van der Waals surface area contributed by atoms with Crippen molar-refractivity contribution < 1.29 is 26.2 Å². The Balaban J connectivity index is 0.00000612. The van der Waals surface area contributed by atoms with Crippen LogP contribution in [0.5, 0.6) is 5.75 Å². The largest absolute Gasteiger partial charge is 0.507 e. The minimum Gasteiger partial charge on any atom is -0.507 e. The van der Waals surface area contributed by atoms with Crippen LogP contribution in [-0.4, -0.2) is 19.6 Å². The third-order valence-corrected chi connectivity index (χ3v) is 12.3. The summed E-state index contributed by atoms with van der Waals surface area (Å²) in [5.74, 6) is 0.958. The number of fused-ring (bicyclic) bond motifs is 1. The molecule has 2 heterocycles. The molecule has 2 aromatic heterocycles. The fourth-order valence-corrected chi connectivity index (χ4v) is 8.48. The molecule has 0 radical (unpaired) electrons. The zero-order valence-electron chi connectivity index (χ0n) is 39.8. The third-order valence-electron chi connectivity index (χ3n) is 12.3. The van der Waals surface area contributed by atoms with Crippen molar-refractivity contribution in [3.05, 3.63) is 167 Å². The molecule has 6 aromatic carbocycles. The van der Waals surface area contributed by atoms with Crippen molar-refractivity contribution in [2.45, 2.75) is 112 Å². The van der Waals surface area contributed by atoms with Gasteiger partial charge in [-0.15, -0.1) is 29.3 Å². The minimum absolute atomic E-state index is 0. The molecule has 0 amide bonds. The number of rotatable bonds is 6. The van der Waals surface area contributed by atoms with Gasteiger partial charge in [0, 0.05) is 38.5 Å². The van der Waals surface area contributed by atoms with E-state index in [1.165, 1.54) is 22.3 Å². The van der Waals surface area contributed by atoms with Crippen LogP contribution in [0.25, 0.3) is 72.7 Å². The van der Waals surface area contributed by atoms with Gasteiger partial charge in [0.15, 0.2) is 0 Å². The van der Waals surface area contributed by atoms with Crippen LogP contribution in [-0.2, 0) is 42.7 Å². The Morgan fingerprint density at radius 3 is 1.75 bits per heavy atom. The molecule has 0 saturated carbocycles. The van der Waals surface area contributed by atoms with Gasteiger partial charge < -0.3 is 5.11 Å². The number of hydrogen-bond donors (Lipinski definition) is 1. The van der Waals surface area contributed by atoms with Gasteiger partial charge in [-0.1, -0.05) is 185 Å². The Labute approximate surface area is 396 Å². The second kappa shape index (κ2) is 17.1. The van der Waals surface area contributed by atoms with Gasteiger partial charge in [-0.05, 0) is 92.3 Å². The number of benzene rings is 6. The fourth-order valence-electron chi connectivity index (χ4n) is 8.48. The number of aromatic nitrogens is 3. The maximum absolute atomic E-state index is 12.5. The SMILES string of the molecule is Cc1ccc(-c2ccnc(-c3[c-]c(-c4cccc5c4nc(-c4cc(C(C)(C)C)cc(C(C)(C)C)c4O)n5-c4ccc(-c5ccccc5)cc4C(C)(C)C)cc(C(C)(C)C)c3)c2)cc1.[Pt]. The first-order chi connectivity index (χ1) is 29.6. The van der Waals surface area contributed by atoms with E-state index in [0.717, 1.165) is 66.9 Å². The Bertz CT molecular complexity index is 2980. The monoisotopic (exact) mass is 1020 g/mol. The zero-order chi connectivity index (χ0) is 45.2. The predicted molar refractivity (Wildman–Crippen MR) is 266 cm³/mol. The molecule has 0 aliphatic heterocycles. The van der Waals surface area contributed by atoms with Crippen molar-refractivity contribution in [2.24, 2.45) is 0 Å². The number of aromatic hydroxyl groups is 1. The van der Waals surface area contributed by atoms with Crippen molar-refractivity contribution in [1.82, 2.24) is 14.5 Å². The molecule has 0 bridgehead atoms. The van der Waals surface area contributed by atoms with Crippen LogP contribution in [0.4, 0.5) is 0 Å². The number of nitrogens with zero attached hydrogens (tertiary/aromatic N) is 3. The molecule has 8 aromatic rings. The first-order valence-corrected chi connectivity index (χ1v) is 22.3. The van der Waals surface area contributed by atoms with Crippen LogP contribution in [0.1, 0.15) is 111 Å². The van der Waals surface area contributed by atoms with Gasteiger partial charge in [0.25, 0.3) is 0 Å². The Hall–Kier alpha value is -5.57. The first-order valence-electron chi connectivity index (χ1n) is 22.3. The van der Waals surface area contributed by atoms with Gasteiger partial charge in [-0.2, -0.15) is 0 Å². The zero-order valence-corrected chi connectivity index (χ0v) is 42.1. The normalized spacial score (nSPS) is 12.4. The number of phenols is 1. The van der Waals surface area contributed by atoms with Gasteiger partial charge in [0.05, 0.1) is 22.3 Å². The van der Waals surface area contributed by atoms with E-state index in [1.807, 2.05) is 6.20 Å². The van der Waals surface area contributed by atoms with Gasteiger partial charge in [-0.25, -0.2) is 4.98 Å². The Morgan fingerprint density at radius 1 is 0.516 bits per heavy atom. The number of aryl methyl sites for hydroxylation is 1. The van der Waals surface area contributed by atoms with Crippen LogP contribution in [0, 0.1) is 13.0 Å². The second-order valence-corrected chi connectivity index (χ2v) is 21.5. The van der Waals surface area contributed by atoms with Gasteiger partial charge >= 0.3 is 0 Å². The summed E-state index contributed by atoms with van der Waals surface area (Å²) in [5, 5.41) is 12.5. The van der Waals surface area contributed by atoms with Gasteiger partial charge in [0.1, 0.15) is 11.6 Å². The summed E-state index contributed by atoms with van der Waals surface area (Å²) in [6, 6.07) is 49.4. The number of pyridine rings is 1. The fraction of sp³-hybridized carbons (Fsp3) is 0.288. The summed E-state index contributed by atoms with van der Waals surface area (Å²) in [6.45, 7) is 28.9. The quantitative estimate of drug-likeness (QED) is 0.169. The van der Waals surface area contributed by atoms with Gasteiger partial charge in [0.2, 0.25) is 0 Å². The molecule has 0 aliphatic carbocycles. The van der Waals surface area contributed by atoms with E-state index in [9.17, 15) is 5.11 Å². The van der Waals surface area contributed by atoms with Crippen molar-refractivity contribution in [3.63, 3.8) is 0 Å². The molecular formula is C59H62N3OPt-. The molecule has 0 fully saturated rings. The first kappa shape index (κ1) is 46.4. The Kier molecular flexibility index (Phi) is 12.4. The average molecular weight is 1020 g/mol. The molecule has 5 heteroatoms. The molecular weight excluding hydrogens is 962 g/mol. The van der Waals surface area contributed by atoms with E-state index in [2.05, 4.69) is 228 Å². The molecule has 0 spiro atoms. The van der Waals surface area contributed by atoms with Crippen LogP contribution >= 0.6 is 0 Å². The smallest absolute Gasteiger partial charge is 0.148 e.